The van der Waals surface area contributed by atoms with E-state index >= 15 is 0 Å². The van der Waals surface area contributed by atoms with Crippen LogP contribution in [0.25, 0.3) is 11.1 Å². The highest BCUT2D eigenvalue weighted by Crippen LogP contribution is 2.56. The van der Waals surface area contributed by atoms with Gasteiger partial charge in [0.15, 0.2) is 0 Å². The number of phenols is 2. The quantitative estimate of drug-likeness (QED) is 0.318. The van der Waals surface area contributed by atoms with Crippen molar-refractivity contribution in [2.24, 2.45) is 0 Å². The normalized spacial score (nSPS) is 13.6. The first-order chi connectivity index (χ1) is 15.6. The molecule has 0 saturated heterocycles. The van der Waals surface area contributed by atoms with Crippen molar-refractivity contribution < 1.29 is 10.2 Å². The molecule has 0 aromatic heterocycles. The zero-order valence-corrected chi connectivity index (χ0v) is 18.6. The number of unbranched alkanes of at least 4 members (excludes halogenated alkanes) is 1. The maximum absolute atomic E-state index is 10.6. The second kappa shape index (κ2) is 7.87. The molecule has 0 heterocycles. The summed E-state index contributed by atoms with van der Waals surface area (Å²) in [5.41, 5.74) is 8.53. The van der Waals surface area contributed by atoms with Crippen molar-refractivity contribution in [1.29, 1.82) is 0 Å². The highest BCUT2D eigenvalue weighted by Gasteiger charge is 2.46. The van der Waals surface area contributed by atoms with Gasteiger partial charge in [0.2, 0.25) is 0 Å². The van der Waals surface area contributed by atoms with E-state index in [2.05, 4.69) is 73.7 Å². The fourth-order valence-corrected chi connectivity index (χ4v) is 5.30. The zero-order valence-electron chi connectivity index (χ0n) is 18.6. The second-order valence-corrected chi connectivity index (χ2v) is 8.79. The molecule has 0 spiro atoms. The zero-order chi connectivity index (χ0) is 22.3. The van der Waals surface area contributed by atoms with Gasteiger partial charge in [-0.2, -0.15) is 0 Å². The maximum atomic E-state index is 10.6. The number of hydrogen-bond acceptors (Lipinski definition) is 2. The van der Waals surface area contributed by atoms with Gasteiger partial charge in [0.1, 0.15) is 11.5 Å². The summed E-state index contributed by atoms with van der Waals surface area (Å²) in [4.78, 5) is 0. The van der Waals surface area contributed by atoms with Crippen molar-refractivity contribution >= 4 is 0 Å². The molecule has 0 amide bonds. The maximum Gasteiger partial charge on any atom is 0.118 e. The molecule has 2 heteroatoms. The summed E-state index contributed by atoms with van der Waals surface area (Å²) in [5.74, 6) is 0.664. The van der Waals surface area contributed by atoms with Gasteiger partial charge in [0.25, 0.3) is 0 Å². The van der Waals surface area contributed by atoms with E-state index in [1.165, 1.54) is 22.3 Å². The lowest BCUT2D eigenvalue weighted by Crippen LogP contribution is -2.28. The van der Waals surface area contributed by atoms with Gasteiger partial charge in [-0.3, -0.25) is 0 Å². The van der Waals surface area contributed by atoms with Gasteiger partial charge in [0, 0.05) is 0 Å². The van der Waals surface area contributed by atoms with E-state index in [1.807, 2.05) is 19.1 Å². The lowest BCUT2D eigenvalue weighted by atomic mass is 9.67. The summed E-state index contributed by atoms with van der Waals surface area (Å²) >= 11 is 0. The van der Waals surface area contributed by atoms with E-state index in [9.17, 15) is 10.2 Å². The third-order valence-electron chi connectivity index (χ3n) is 6.89. The molecule has 4 aromatic carbocycles. The molecule has 160 valence electrons. The van der Waals surface area contributed by atoms with Crippen LogP contribution in [0, 0.1) is 6.92 Å². The van der Waals surface area contributed by atoms with Crippen molar-refractivity contribution in [3.8, 4) is 22.6 Å². The van der Waals surface area contributed by atoms with E-state index in [-0.39, 0.29) is 0 Å². The topological polar surface area (TPSA) is 40.5 Å². The highest BCUT2D eigenvalue weighted by molar-refractivity contribution is 5.86. The number of rotatable bonds is 5. The number of aryl methyl sites for hydroxylation is 2. The molecule has 5 rings (SSSR count). The van der Waals surface area contributed by atoms with Gasteiger partial charge in [-0.25, -0.2) is 0 Å². The highest BCUT2D eigenvalue weighted by atomic mass is 16.3. The molecule has 2 N–H and O–H groups in total. The monoisotopic (exact) mass is 420 g/mol. The Hall–Kier alpha value is -3.52. The Labute approximate surface area is 189 Å². The number of aromatic hydroxyl groups is 2. The predicted molar refractivity (Wildman–Crippen MR) is 130 cm³/mol. The minimum atomic E-state index is -0.514. The average molecular weight is 421 g/mol. The fraction of sp³-hybridized carbons (Fsp3) is 0.200. The summed E-state index contributed by atoms with van der Waals surface area (Å²) in [6, 6.07) is 29.3. The van der Waals surface area contributed by atoms with Crippen LogP contribution in [0.5, 0.6) is 11.5 Å². The van der Waals surface area contributed by atoms with Crippen LogP contribution in [-0.2, 0) is 11.8 Å². The third-order valence-corrected chi connectivity index (χ3v) is 6.89. The molecule has 1 aliphatic carbocycles. The summed E-state index contributed by atoms with van der Waals surface area (Å²) < 4.78 is 0. The Balaban J connectivity index is 1.88. The Bertz CT molecular complexity index is 1260. The van der Waals surface area contributed by atoms with Crippen LogP contribution in [0.1, 0.15) is 53.1 Å². The molecule has 0 unspecified atom stereocenters. The Morgan fingerprint density at radius 3 is 1.84 bits per heavy atom. The van der Waals surface area contributed by atoms with Gasteiger partial charge in [-0.15, -0.1) is 0 Å². The molecular formula is C30H28O2. The van der Waals surface area contributed by atoms with Crippen LogP contribution in [0.2, 0.25) is 0 Å². The molecule has 4 aromatic rings. The average Bonchev–Trinajstić information content (AvgIpc) is 3.12. The number of benzene rings is 4. The predicted octanol–water partition coefficient (Wildman–Crippen LogP) is 7.11. The smallest absolute Gasteiger partial charge is 0.118 e. The Morgan fingerprint density at radius 1 is 0.688 bits per heavy atom. The minimum absolute atomic E-state index is 0.304. The summed E-state index contributed by atoms with van der Waals surface area (Å²) in [7, 11) is 0. The molecule has 0 radical (unpaired) electrons. The fourth-order valence-electron chi connectivity index (χ4n) is 5.30. The summed E-state index contributed by atoms with van der Waals surface area (Å²) in [6.07, 6.45) is 2.97. The van der Waals surface area contributed by atoms with Gasteiger partial charge in [-0.05, 0) is 76.4 Å². The van der Waals surface area contributed by atoms with Crippen molar-refractivity contribution in [1.82, 2.24) is 0 Å². The van der Waals surface area contributed by atoms with Crippen LogP contribution < -0.4 is 0 Å². The van der Waals surface area contributed by atoms with Crippen molar-refractivity contribution in [3.63, 3.8) is 0 Å². The lowest BCUT2D eigenvalue weighted by Gasteiger charge is -2.34. The van der Waals surface area contributed by atoms with Crippen LogP contribution in [0.15, 0.2) is 84.9 Å². The summed E-state index contributed by atoms with van der Waals surface area (Å²) in [6.45, 7) is 4.12. The van der Waals surface area contributed by atoms with E-state index in [0.717, 1.165) is 41.5 Å². The largest absolute Gasteiger partial charge is 0.508 e. The van der Waals surface area contributed by atoms with Crippen molar-refractivity contribution in [3.05, 3.63) is 118 Å². The number of fused-ring (bicyclic) bond motifs is 3. The summed E-state index contributed by atoms with van der Waals surface area (Å²) in [5, 5.41) is 20.9. The standard InChI is InChI=1S/C30H28O2/c1-3-4-9-21-19-23(15-17-29(21)32)30(22-14-16-28(31)20(2)18-22)26-12-7-5-10-24(26)25-11-6-8-13-27(25)30/h5-8,10-19,31-32H,3-4,9H2,1-2H3. The molecule has 1 aliphatic rings. The van der Waals surface area contributed by atoms with E-state index < -0.39 is 5.41 Å². The minimum Gasteiger partial charge on any atom is -0.508 e. The van der Waals surface area contributed by atoms with Crippen LogP contribution >= 0.6 is 0 Å². The molecule has 2 nitrogen and oxygen atoms in total. The van der Waals surface area contributed by atoms with Crippen molar-refractivity contribution in [2.45, 2.75) is 38.5 Å². The van der Waals surface area contributed by atoms with E-state index in [0.29, 0.717) is 11.5 Å². The number of hydrogen-bond donors (Lipinski definition) is 2. The first-order valence-corrected chi connectivity index (χ1v) is 11.4. The molecular weight excluding hydrogens is 392 g/mol. The van der Waals surface area contributed by atoms with Gasteiger partial charge in [-0.1, -0.05) is 86.1 Å². The third kappa shape index (κ3) is 2.94. The van der Waals surface area contributed by atoms with Crippen LogP contribution in [0.3, 0.4) is 0 Å². The lowest BCUT2D eigenvalue weighted by molar-refractivity contribution is 0.466. The van der Waals surface area contributed by atoms with Gasteiger partial charge < -0.3 is 10.2 Å². The van der Waals surface area contributed by atoms with Gasteiger partial charge in [0.05, 0.1) is 5.41 Å². The van der Waals surface area contributed by atoms with Crippen LogP contribution in [-0.4, -0.2) is 10.2 Å². The van der Waals surface area contributed by atoms with Crippen LogP contribution in [0.4, 0.5) is 0 Å². The first kappa shape index (κ1) is 20.4. The molecule has 0 atom stereocenters. The molecule has 0 aliphatic heterocycles. The van der Waals surface area contributed by atoms with E-state index in [1.54, 1.807) is 6.07 Å². The van der Waals surface area contributed by atoms with Crippen molar-refractivity contribution in [2.75, 3.05) is 0 Å². The van der Waals surface area contributed by atoms with E-state index in [4.69, 9.17) is 0 Å². The molecule has 32 heavy (non-hydrogen) atoms. The Morgan fingerprint density at radius 2 is 1.25 bits per heavy atom. The molecule has 0 fully saturated rings. The number of phenolic OH excluding ortho intramolecular Hbond substituents is 2. The van der Waals surface area contributed by atoms with Gasteiger partial charge >= 0.3 is 0 Å². The first-order valence-electron chi connectivity index (χ1n) is 11.4. The molecule has 0 saturated carbocycles. The Kier molecular flexibility index (Phi) is 5.01. The molecule has 0 bridgehead atoms. The second-order valence-electron chi connectivity index (χ2n) is 8.79. The SMILES string of the molecule is CCCCc1cc(C2(c3ccc(O)c(C)c3)c3ccccc3-c3ccccc32)ccc1O.